The fraction of sp³-hybridized carbons (Fsp3) is 1.00. The summed E-state index contributed by atoms with van der Waals surface area (Å²) in [5.41, 5.74) is 0. The van der Waals surface area contributed by atoms with Crippen molar-refractivity contribution in [2.75, 3.05) is 13.1 Å². The zero-order valence-corrected chi connectivity index (χ0v) is 8.30. The van der Waals surface area contributed by atoms with Gasteiger partial charge in [0.1, 0.15) is 0 Å². The Morgan fingerprint density at radius 2 is 1.36 bits per heavy atom. The molecule has 0 aromatic carbocycles. The Bertz CT molecular complexity index is 106. The third kappa shape index (κ3) is 1.96. The van der Waals surface area contributed by atoms with Gasteiger partial charge in [-0.1, -0.05) is 27.7 Å². The molecule has 0 aromatic rings. The molecule has 0 saturated carbocycles. The summed E-state index contributed by atoms with van der Waals surface area (Å²) in [6.45, 7) is 12.0. The van der Waals surface area contributed by atoms with Crippen molar-refractivity contribution < 1.29 is 0 Å². The second-order valence-electron chi connectivity index (χ2n) is 4.37. The van der Waals surface area contributed by atoms with Crippen LogP contribution in [-0.4, -0.2) is 24.0 Å². The molecular weight excluding hydrogens is 134 g/mol. The fourth-order valence-corrected chi connectivity index (χ4v) is 2.25. The molecule has 1 fully saturated rings. The summed E-state index contributed by atoms with van der Waals surface area (Å²) in [6.07, 6.45) is 1.41. The van der Waals surface area contributed by atoms with Crippen LogP contribution >= 0.6 is 0 Å². The predicted octanol–water partition coefficient (Wildman–Crippen LogP) is 2.37. The number of hydrogen-bond donors (Lipinski definition) is 0. The molecule has 66 valence electrons. The van der Waals surface area contributed by atoms with Crippen molar-refractivity contribution in [2.45, 2.75) is 40.2 Å². The number of hydrogen-bond acceptors (Lipinski definition) is 1. The third-order valence-electron chi connectivity index (χ3n) is 2.68. The van der Waals surface area contributed by atoms with Crippen LogP contribution in [0.3, 0.4) is 0 Å². The summed E-state index contributed by atoms with van der Waals surface area (Å²) in [6, 6.07) is 0.823. The second kappa shape index (κ2) is 3.57. The lowest BCUT2D eigenvalue weighted by molar-refractivity contribution is 0.0576. The molecule has 0 radical (unpaired) electrons. The molecule has 0 bridgehead atoms. The van der Waals surface area contributed by atoms with Gasteiger partial charge in [0.2, 0.25) is 0 Å². The minimum absolute atomic E-state index is 0.815. The van der Waals surface area contributed by atoms with E-state index in [9.17, 15) is 0 Å². The lowest BCUT2D eigenvalue weighted by Gasteiger charge is -2.42. The van der Waals surface area contributed by atoms with Gasteiger partial charge in [0.15, 0.2) is 0 Å². The molecule has 1 aliphatic heterocycles. The summed E-state index contributed by atoms with van der Waals surface area (Å²) in [4.78, 5) is 2.62. The molecular formula is C10H21N. The molecule has 0 N–H and O–H groups in total. The summed E-state index contributed by atoms with van der Waals surface area (Å²) in [5, 5.41) is 0. The molecule has 0 aromatic heterocycles. The van der Waals surface area contributed by atoms with Gasteiger partial charge < -0.3 is 0 Å². The minimum Gasteiger partial charge on any atom is -0.300 e. The monoisotopic (exact) mass is 155 g/mol. The average Bonchev–Trinajstić information content (AvgIpc) is 1.75. The van der Waals surface area contributed by atoms with Crippen LogP contribution in [0.5, 0.6) is 0 Å². The molecule has 0 amide bonds. The van der Waals surface area contributed by atoms with E-state index < -0.39 is 0 Å². The average molecular weight is 155 g/mol. The second-order valence-corrected chi connectivity index (χ2v) is 4.37. The van der Waals surface area contributed by atoms with Crippen LogP contribution in [0.4, 0.5) is 0 Å². The Kier molecular flexibility index (Phi) is 2.94. The van der Waals surface area contributed by atoms with Crippen LogP contribution in [0.2, 0.25) is 0 Å². The largest absolute Gasteiger partial charge is 0.300 e. The van der Waals surface area contributed by atoms with Crippen molar-refractivity contribution in [1.82, 2.24) is 4.90 Å². The highest BCUT2D eigenvalue weighted by Crippen LogP contribution is 2.23. The van der Waals surface area contributed by atoms with Gasteiger partial charge in [0.05, 0.1) is 0 Å². The zero-order valence-electron chi connectivity index (χ0n) is 8.30. The molecule has 1 nitrogen and oxygen atoms in total. The maximum atomic E-state index is 2.62. The first-order chi connectivity index (χ1) is 5.13. The van der Waals surface area contributed by atoms with Gasteiger partial charge >= 0.3 is 0 Å². The summed E-state index contributed by atoms with van der Waals surface area (Å²) < 4.78 is 0. The highest BCUT2D eigenvalue weighted by atomic mass is 15.2. The van der Waals surface area contributed by atoms with Crippen molar-refractivity contribution in [1.29, 1.82) is 0 Å². The molecule has 11 heavy (non-hydrogen) atoms. The van der Waals surface area contributed by atoms with E-state index in [0.29, 0.717) is 0 Å². The lowest BCUT2D eigenvalue weighted by atomic mass is 9.89. The van der Waals surface area contributed by atoms with E-state index in [2.05, 4.69) is 32.6 Å². The Hall–Kier alpha value is -0.0400. The molecule has 0 unspecified atom stereocenters. The Balaban J connectivity index is 2.44. The van der Waals surface area contributed by atoms with Crippen LogP contribution in [0.25, 0.3) is 0 Å². The van der Waals surface area contributed by atoms with E-state index in [-0.39, 0.29) is 0 Å². The molecule has 0 atom stereocenters. The van der Waals surface area contributed by atoms with Crippen molar-refractivity contribution >= 4 is 0 Å². The quantitative estimate of drug-likeness (QED) is 0.605. The Morgan fingerprint density at radius 3 is 1.45 bits per heavy atom. The first-order valence-corrected chi connectivity index (χ1v) is 4.87. The predicted molar refractivity (Wildman–Crippen MR) is 49.7 cm³/mol. The first kappa shape index (κ1) is 9.05. The van der Waals surface area contributed by atoms with E-state index in [1.54, 1.807) is 0 Å². The molecule has 1 aliphatic rings. The van der Waals surface area contributed by atoms with E-state index in [1.165, 1.54) is 19.5 Å². The van der Waals surface area contributed by atoms with Gasteiger partial charge in [-0.05, 0) is 31.3 Å². The maximum Gasteiger partial charge on any atom is 0.0141 e. The van der Waals surface area contributed by atoms with E-state index in [0.717, 1.165) is 17.9 Å². The van der Waals surface area contributed by atoms with E-state index in [1.807, 2.05) is 0 Å². The standard InChI is InChI=1S/C10H21N/c1-8(2)10(9(3)4)11-6-5-7-11/h8-10H,5-7H2,1-4H3. The van der Waals surface area contributed by atoms with Gasteiger partial charge in [-0.15, -0.1) is 0 Å². The van der Waals surface area contributed by atoms with Gasteiger partial charge in [-0.3, -0.25) is 4.90 Å². The van der Waals surface area contributed by atoms with Crippen LogP contribution < -0.4 is 0 Å². The van der Waals surface area contributed by atoms with Gasteiger partial charge in [0.25, 0.3) is 0 Å². The van der Waals surface area contributed by atoms with Crippen LogP contribution in [0, 0.1) is 11.8 Å². The van der Waals surface area contributed by atoms with Crippen molar-refractivity contribution in [2.24, 2.45) is 11.8 Å². The highest BCUT2D eigenvalue weighted by Gasteiger charge is 2.28. The lowest BCUT2D eigenvalue weighted by Crippen LogP contribution is -2.50. The van der Waals surface area contributed by atoms with Gasteiger partial charge in [-0.25, -0.2) is 0 Å². The SMILES string of the molecule is CC(C)C(C(C)C)N1CCC1. The van der Waals surface area contributed by atoms with Crippen LogP contribution in [0.1, 0.15) is 34.1 Å². The van der Waals surface area contributed by atoms with Crippen molar-refractivity contribution in [3.8, 4) is 0 Å². The number of likely N-dealkylation sites (tertiary alicyclic amines) is 1. The molecule has 1 heteroatoms. The summed E-state index contributed by atoms with van der Waals surface area (Å²) in [7, 11) is 0. The third-order valence-corrected chi connectivity index (χ3v) is 2.68. The normalized spacial score (nSPS) is 19.9. The smallest absolute Gasteiger partial charge is 0.0141 e. The van der Waals surface area contributed by atoms with Crippen LogP contribution in [0.15, 0.2) is 0 Å². The van der Waals surface area contributed by atoms with E-state index >= 15 is 0 Å². The summed E-state index contributed by atoms with van der Waals surface area (Å²) >= 11 is 0. The Labute approximate surface area is 70.8 Å². The zero-order chi connectivity index (χ0) is 8.43. The molecule has 1 heterocycles. The topological polar surface area (TPSA) is 3.24 Å². The van der Waals surface area contributed by atoms with Crippen LogP contribution in [-0.2, 0) is 0 Å². The van der Waals surface area contributed by atoms with Gasteiger partial charge in [-0.2, -0.15) is 0 Å². The van der Waals surface area contributed by atoms with Gasteiger partial charge in [0, 0.05) is 6.04 Å². The fourth-order valence-electron chi connectivity index (χ4n) is 2.25. The molecule has 0 aliphatic carbocycles. The maximum absolute atomic E-state index is 2.62. The van der Waals surface area contributed by atoms with E-state index in [4.69, 9.17) is 0 Å². The first-order valence-electron chi connectivity index (χ1n) is 4.87. The summed E-state index contributed by atoms with van der Waals surface area (Å²) in [5.74, 6) is 1.63. The minimum atomic E-state index is 0.815. The molecule has 1 saturated heterocycles. The molecule has 0 spiro atoms. The highest BCUT2D eigenvalue weighted by molar-refractivity contribution is 4.82. The number of nitrogens with zero attached hydrogens (tertiary/aromatic N) is 1. The van der Waals surface area contributed by atoms with Crippen molar-refractivity contribution in [3.63, 3.8) is 0 Å². The van der Waals surface area contributed by atoms with Crippen molar-refractivity contribution in [3.05, 3.63) is 0 Å². The molecule has 1 rings (SSSR count). The number of rotatable bonds is 3. The Morgan fingerprint density at radius 1 is 0.909 bits per heavy atom.